The third-order valence-corrected chi connectivity index (χ3v) is 5.78. The number of fused-ring (bicyclic) bond motifs is 1. The molecule has 9 heteroatoms. The summed E-state index contributed by atoms with van der Waals surface area (Å²) in [5.74, 6) is 0.338. The van der Waals surface area contributed by atoms with E-state index in [2.05, 4.69) is 25.4 Å². The Morgan fingerprint density at radius 1 is 1.33 bits per heavy atom. The third kappa shape index (κ3) is 4.01. The van der Waals surface area contributed by atoms with Gasteiger partial charge < -0.3 is 16.2 Å². The molecular formula is C21H23ClN6O2. The highest BCUT2D eigenvalue weighted by atomic mass is 35.5. The van der Waals surface area contributed by atoms with Crippen molar-refractivity contribution in [1.82, 2.24) is 20.1 Å². The number of primary amides is 1. The molecule has 1 aromatic carbocycles. The van der Waals surface area contributed by atoms with Crippen molar-refractivity contribution in [2.75, 3.05) is 18.4 Å². The lowest BCUT2D eigenvalue weighted by atomic mass is 10.0. The molecule has 3 aromatic rings. The van der Waals surface area contributed by atoms with E-state index in [-0.39, 0.29) is 23.7 Å². The van der Waals surface area contributed by atoms with Gasteiger partial charge in [0.05, 0.1) is 6.04 Å². The number of phenolic OH excluding ortho intramolecular Hbond substituents is 1. The van der Waals surface area contributed by atoms with Crippen LogP contribution in [0.25, 0.3) is 22.0 Å². The van der Waals surface area contributed by atoms with Crippen LogP contribution in [0.4, 0.5) is 5.82 Å². The topological polar surface area (TPSA) is 117 Å². The van der Waals surface area contributed by atoms with E-state index in [9.17, 15) is 9.90 Å². The SMILES string of the molecule is C[C@@H](C(N)=O)N1CCC[C@@H](Nc2nnc(-c3ccc(Cl)cc3O)c3ccncc23)C1. The normalized spacial score (nSPS) is 18.3. The Hall–Kier alpha value is -2.97. The number of piperidine rings is 1. The molecule has 30 heavy (non-hydrogen) atoms. The van der Waals surface area contributed by atoms with Gasteiger partial charge in [-0.25, -0.2) is 0 Å². The molecule has 4 rings (SSSR count). The van der Waals surface area contributed by atoms with Crippen LogP contribution in [0, 0.1) is 0 Å². The van der Waals surface area contributed by atoms with Crippen LogP contribution in [0.2, 0.25) is 5.02 Å². The fourth-order valence-electron chi connectivity index (χ4n) is 3.86. The number of aromatic hydroxyl groups is 1. The summed E-state index contributed by atoms with van der Waals surface area (Å²) in [6.45, 7) is 3.36. The molecule has 1 saturated heterocycles. The summed E-state index contributed by atoms with van der Waals surface area (Å²) in [6, 6.07) is 6.55. The van der Waals surface area contributed by atoms with Crippen LogP contribution < -0.4 is 11.1 Å². The lowest BCUT2D eigenvalue weighted by Gasteiger charge is -2.36. The first-order valence-electron chi connectivity index (χ1n) is 9.83. The van der Waals surface area contributed by atoms with E-state index >= 15 is 0 Å². The molecule has 1 amide bonds. The Labute approximate surface area is 179 Å². The number of rotatable bonds is 5. The van der Waals surface area contributed by atoms with Gasteiger partial charge in [0.15, 0.2) is 5.82 Å². The number of amides is 1. The highest BCUT2D eigenvalue weighted by Gasteiger charge is 2.27. The zero-order valence-corrected chi connectivity index (χ0v) is 17.3. The number of carbonyl (C=O) groups excluding carboxylic acids is 1. The minimum Gasteiger partial charge on any atom is -0.507 e. The van der Waals surface area contributed by atoms with Crippen LogP contribution in [-0.2, 0) is 4.79 Å². The molecule has 0 spiro atoms. The molecule has 0 aliphatic carbocycles. The zero-order valence-electron chi connectivity index (χ0n) is 16.5. The molecule has 2 aromatic heterocycles. The molecule has 1 fully saturated rings. The van der Waals surface area contributed by atoms with Crippen molar-refractivity contribution in [3.8, 4) is 17.0 Å². The third-order valence-electron chi connectivity index (χ3n) is 5.55. The predicted octanol–water partition coefficient (Wildman–Crippen LogP) is 2.80. The maximum absolute atomic E-state index is 11.6. The van der Waals surface area contributed by atoms with Crippen LogP contribution in [0.3, 0.4) is 0 Å². The molecule has 1 aliphatic rings. The lowest BCUT2D eigenvalue weighted by Crippen LogP contribution is -2.50. The zero-order chi connectivity index (χ0) is 21.3. The average Bonchev–Trinajstić information content (AvgIpc) is 2.74. The number of carbonyl (C=O) groups is 1. The van der Waals surface area contributed by atoms with Gasteiger partial charge in [0, 0.05) is 46.3 Å². The fraction of sp³-hybridized carbons (Fsp3) is 0.333. The second kappa shape index (κ2) is 8.41. The molecule has 2 atom stereocenters. The van der Waals surface area contributed by atoms with Crippen molar-refractivity contribution in [2.24, 2.45) is 5.73 Å². The standard InChI is InChI=1S/C21H23ClN6O2/c1-12(20(23)30)28-8-2-3-14(11-28)25-21-17-10-24-7-6-15(17)19(26-27-21)16-5-4-13(22)9-18(16)29/h4-7,9-10,12,14,29H,2-3,8,11H2,1H3,(H2,23,30)(H,25,27)/t12-,14+/m0/s1. The summed E-state index contributed by atoms with van der Waals surface area (Å²) in [7, 11) is 0. The van der Waals surface area contributed by atoms with Gasteiger partial charge in [-0.1, -0.05) is 11.6 Å². The van der Waals surface area contributed by atoms with Crippen molar-refractivity contribution in [2.45, 2.75) is 31.8 Å². The van der Waals surface area contributed by atoms with Gasteiger partial charge >= 0.3 is 0 Å². The number of phenols is 1. The molecule has 3 heterocycles. The molecule has 0 unspecified atom stereocenters. The number of anilines is 1. The number of benzene rings is 1. The predicted molar refractivity (Wildman–Crippen MR) is 116 cm³/mol. The van der Waals surface area contributed by atoms with E-state index in [0.717, 1.165) is 30.2 Å². The Bertz CT molecular complexity index is 1090. The van der Waals surface area contributed by atoms with Gasteiger partial charge in [-0.3, -0.25) is 14.7 Å². The molecular weight excluding hydrogens is 404 g/mol. The van der Waals surface area contributed by atoms with Crippen LogP contribution in [0.15, 0.2) is 36.7 Å². The number of pyridine rings is 1. The minimum absolute atomic E-state index is 0.0407. The average molecular weight is 427 g/mol. The van der Waals surface area contributed by atoms with Gasteiger partial charge in [-0.2, -0.15) is 0 Å². The lowest BCUT2D eigenvalue weighted by molar-refractivity contribution is -0.123. The van der Waals surface area contributed by atoms with Crippen LogP contribution in [0.5, 0.6) is 5.75 Å². The van der Waals surface area contributed by atoms with Crippen LogP contribution >= 0.6 is 11.6 Å². The van der Waals surface area contributed by atoms with Gasteiger partial charge in [0.25, 0.3) is 0 Å². The van der Waals surface area contributed by atoms with E-state index in [0.29, 0.717) is 28.6 Å². The van der Waals surface area contributed by atoms with Gasteiger partial charge in [-0.15, -0.1) is 10.2 Å². The van der Waals surface area contributed by atoms with E-state index in [1.165, 1.54) is 6.07 Å². The number of aromatic nitrogens is 3. The maximum Gasteiger partial charge on any atom is 0.234 e. The molecule has 0 saturated carbocycles. The summed E-state index contributed by atoms with van der Waals surface area (Å²) in [5, 5.41) is 24.6. The second-order valence-corrected chi connectivity index (χ2v) is 7.97. The molecule has 1 aliphatic heterocycles. The Kier molecular flexibility index (Phi) is 5.69. The summed E-state index contributed by atoms with van der Waals surface area (Å²) in [5.41, 5.74) is 6.58. The quantitative estimate of drug-likeness (QED) is 0.574. The van der Waals surface area contributed by atoms with Crippen molar-refractivity contribution >= 4 is 34.1 Å². The first kappa shape index (κ1) is 20.3. The van der Waals surface area contributed by atoms with E-state index < -0.39 is 0 Å². The Balaban J connectivity index is 1.66. The highest BCUT2D eigenvalue weighted by Crippen LogP contribution is 2.35. The van der Waals surface area contributed by atoms with Gasteiger partial charge in [0.1, 0.15) is 11.4 Å². The largest absolute Gasteiger partial charge is 0.507 e. The molecule has 4 N–H and O–H groups in total. The van der Waals surface area contributed by atoms with Crippen molar-refractivity contribution in [3.05, 3.63) is 41.7 Å². The van der Waals surface area contributed by atoms with Crippen molar-refractivity contribution in [3.63, 3.8) is 0 Å². The summed E-state index contributed by atoms with van der Waals surface area (Å²) < 4.78 is 0. The van der Waals surface area contributed by atoms with E-state index in [1.54, 1.807) is 24.5 Å². The summed E-state index contributed by atoms with van der Waals surface area (Å²) >= 11 is 5.96. The summed E-state index contributed by atoms with van der Waals surface area (Å²) in [4.78, 5) is 17.9. The number of halogens is 1. The second-order valence-electron chi connectivity index (χ2n) is 7.54. The molecule has 0 radical (unpaired) electrons. The fourth-order valence-corrected chi connectivity index (χ4v) is 4.02. The monoisotopic (exact) mass is 426 g/mol. The number of hydrogen-bond acceptors (Lipinski definition) is 7. The minimum atomic E-state index is -0.322. The first-order chi connectivity index (χ1) is 14.4. The number of nitrogens with zero attached hydrogens (tertiary/aromatic N) is 4. The van der Waals surface area contributed by atoms with Gasteiger partial charge in [-0.05, 0) is 50.6 Å². The number of nitrogens with one attached hydrogen (secondary N) is 1. The Morgan fingerprint density at radius 2 is 2.17 bits per heavy atom. The van der Waals surface area contributed by atoms with E-state index in [4.69, 9.17) is 17.3 Å². The van der Waals surface area contributed by atoms with E-state index in [1.807, 2.05) is 13.0 Å². The molecule has 8 nitrogen and oxygen atoms in total. The molecule has 156 valence electrons. The van der Waals surface area contributed by atoms with Crippen molar-refractivity contribution < 1.29 is 9.90 Å². The number of hydrogen-bond donors (Lipinski definition) is 3. The first-order valence-corrected chi connectivity index (χ1v) is 10.2. The van der Waals surface area contributed by atoms with Gasteiger partial charge in [0.2, 0.25) is 5.91 Å². The smallest absolute Gasteiger partial charge is 0.234 e. The highest BCUT2D eigenvalue weighted by molar-refractivity contribution is 6.30. The maximum atomic E-state index is 11.6. The summed E-state index contributed by atoms with van der Waals surface area (Å²) in [6.07, 6.45) is 5.32. The molecule has 0 bridgehead atoms. The Morgan fingerprint density at radius 3 is 2.93 bits per heavy atom. The van der Waals surface area contributed by atoms with Crippen molar-refractivity contribution in [1.29, 1.82) is 0 Å². The number of nitrogens with two attached hydrogens (primary N) is 1. The number of likely N-dealkylation sites (tertiary alicyclic amines) is 1. The van der Waals surface area contributed by atoms with Crippen LogP contribution in [-0.4, -0.2) is 56.3 Å². The van der Waals surface area contributed by atoms with Crippen LogP contribution in [0.1, 0.15) is 19.8 Å².